The number of hydrogen-bond donors (Lipinski definition) is 1. The SMILES string of the molecule is CCC[CH2][SnH]([CH2]CCC)[C](=O)O. The minimum absolute atomic E-state index is 0.404. The van der Waals surface area contributed by atoms with E-state index in [2.05, 4.69) is 13.8 Å². The van der Waals surface area contributed by atoms with E-state index in [1.165, 1.54) is 0 Å². The predicted octanol–water partition coefficient (Wildman–Crippen LogP) is 3.07. The summed E-state index contributed by atoms with van der Waals surface area (Å²) in [5.74, 6) is 0. The van der Waals surface area contributed by atoms with Crippen molar-refractivity contribution in [3.8, 4) is 0 Å². The van der Waals surface area contributed by atoms with Crippen molar-refractivity contribution in [1.82, 2.24) is 0 Å². The number of hydrogen-bond acceptors (Lipinski definition) is 1. The van der Waals surface area contributed by atoms with E-state index in [1.807, 2.05) is 0 Å². The Morgan fingerprint density at radius 3 is 1.83 bits per heavy atom. The molecule has 0 atom stereocenters. The predicted molar refractivity (Wildman–Crippen MR) is 54.6 cm³/mol. The number of rotatable bonds is 7. The van der Waals surface area contributed by atoms with Crippen molar-refractivity contribution >= 4 is 23.7 Å². The normalized spacial score (nSPS) is 10.6. The average Bonchev–Trinajstić information content (AvgIpc) is 2.04. The summed E-state index contributed by atoms with van der Waals surface area (Å²) in [7, 11) is 0. The van der Waals surface area contributed by atoms with Crippen LogP contribution in [0.25, 0.3) is 0 Å². The summed E-state index contributed by atoms with van der Waals surface area (Å²) in [5.41, 5.74) is 0. The van der Waals surface area contributed by atoms with Gasteiger partial charge >= 0.3 is 82.1 Å². The third kappa shape index (κ3) is 5.86. The maximum absolute atomic E-state index is 10.8. The van der Waals surface area contributed by atoms with Crippen LogP contribution in [-0.2, 0) is 0 Å². The van der Waals surface area contributed by atoms with Crippen LogP contribution in [-0.4, -0.2) is 28.9 Å². The fourth-order valence-corrected chi connectivity index (χ4v) is 8.67. The van der Waals surface area contributed by atoms with Gasteiger partial charge in [-0.25, -0.2) is 0 Å². The Bertz CT molecular complexity index is 118. The molecule has 0 aliphatic carbocycles. The first-order chi connectivity index (χ1) is 5.72. The molecule has 0 saturated carbocycles. The van der Waals surface area contributed by atoms with Crippen molar-refractivity contribution in [1.29, 1.82) is 0 Å². The Hall–Kier alpha value is 0.269. The van der Waals surface area contributed by atoms with E-state index >= 15 is 0 Å². The number of unbranched alkanes of at least 4 members (excludes halogenated alkanes) is 2. The van der Waals surface area contributed by atoms with Gasteiger partial charge in [0.1, 0.15) is 0 Å². The third-order valence-corrected chi connectivity index (χ3v) is 10.5. The Labute approximate surface area is 82.1 Å². The number of carbonyl (C=O) groups is 1. The zero-order valence-corrected chi connectivity index (χ0v) is 11.5. The van der Waals surface area contributed by atoms with Gasteiger partial charge in [-0.2, -0.15) is 0 Å². The first-order valence-electron chi connectivity index (χ1n) is 4.95. The van der Waals surface area contributed by atoms with Crippen molar-refractivity contribution in [3.05, 3.63) is 0 Å². The van der Waals surface area contributed by atoms with Crippen LogP contribution in [0.5, 0.6) is 0 Å². The Morgan fingerprint density at radius 2 is 1.58 bits per heavy atom. The molecular weight excluding hydrogens is 259 g/mol. The molecule has 0 aliphatic rings. The van der Waals surface area contributed by atoms with Gasteiger partial charge in [-0.15, -0.1) is 0 Å². The van der Waals surface area contributed by atoms with Crippen LogP contribution in [0.15, 0.2) is 0 Å². The van der Waals surface area contributed by atoms with Gasteiger partial charge in [0.15, 0.2) is 0 Å². The van der Waals surface area contributed by atoms with Crippen molar-refractivity contribution < 1.29 is 9.90 Å². The molecule has 0 heterocycles. The van der Waals surface area contributed by atoms with Crippen molar-refractivity contribution in [2.24, 2.45) is 0 Å². The summed E-state index contributed by atoms with van der Waals surface area (Å²) in [5, 5.41) is 8.92. The molecule has 1 N–H and O–H groups in total. The van der Waals surface area contributed by atoms with Crippen LogP contribution in [0.3, 0.4) is 0 Å². The van der Waals surface area contributed by atoms with E-state index in [4.69, 9.17) is 5.11 Å². The molecule has 0 aromatic carbocycles. The summed E-state index contributed by atoms with van der Waals surface area (Å²) in [6.45, 7) is 4.26. The second kappa shape index (κ2) is 7.89. The van der Waals surface area contributed by atoms with Gasteiger partial charge in [-0.3, -0.25) is 0 Å². The van der Waals surface area contributed by atoms with Gasteiger partial charge in [0.2, 0.25) is 0 Å². The Kier molecular flexibility index (Phi) is 8.07. The van der Waals surface area contributed by atoms with Crippen molar-refractivity contribution in [2.75, 3.05) is 0 Å². The molecule has 0 unspecified atom stereocenters. The zero-order valence-electron chi connectivity index (χ0n) is 8.18. The van der Waals surface area contributed by atoms with Gasteiger partial charge in [0.25, 0.3) is 0 Å². The molecule has 0 fully saturated rings. The van der Waals surface area contributed by atoms with Gasteiger partial charge < -0.3 is 0 Å². The third-order valence-electron chi connectivity index (χ3n) is 2.16. The van der Waals surface area contributed by atoms with Gasteiger partial charge in [-0.05, 0) is 0 Å². The van der Waals surface area contributed by atoms with E-state index in [9.17, 15) is 4.79 Å². The summed E-state index contributed by atoms with van der Waals surface area (Å²) < 4.78 is 1.72. The molecule has 12 heavy (non-hydrogen) atoms. The Morgan fingerprint density at radius 1 is 1.17 bits per heavy atom. The van der Waals surface area contributed by atoms with Crippen LogP contribution in [0.4, 0.5) is 4.79 Å². The van der Waals surface area contributed by atoms with Gasteiger partial charge in [0, 0.05) is 0 Å². The van der Waals surface area contributed by atoms with Crippen LogP contribution < -0.4 is 0 Å². The fraction of sp³-hybridized carbons (Fsp3) is 0.889. The summed E-state index contributed by atoms with van der Waals surface area (Å²) in [6, 6.07) is 0. The van der Waals surface area contributed by atoms with Crippen LogP contribution >= 0.6 is 0 Å². The first-order valence-corrected chi connectivity index (χ1v) is 11.3. The topological polar surface area (TPSA) is 37.3 Å². The zero-order chi connectivity index (χ0) is 9.40. The van der Waals surface area contributed by atoms with E-state index in [0.717, 1.165) is 34.6 Å². The second-order valence-electron chi connectivity index (χ2n) is 3.32. The average molecular weight is 279 g/mol. The summed E-state index contributed by atoms with van der Waals surface area (Å²) >= 11 is -2.11. The quantitative estimate of drug-likeness (QED) is 0.727. The molecule has 72 valence electrons. The molecule has 3 heteroatoms. The molecule has 0 saturated heterocycles. The standard InChI is InChI=1S/2C4H9.CHO2.Sn.H/c2*1-3-4-2;2-1-3;;/h2*1,3-4H2,2H3;(H,2,3);;. The number of carboxylic acid groups (broad SMARTS) is 1. The van der Waals surface area contributed by atoms with Crippen molar-refractivity contribution in [2.45, 2.75) is 48.4 Å². The van der Waals surface area contributed by atoms with Crippen LogP contribution in [0.2, 0.25) is 8.87 Å². The Balaban J connectivity index is 3.62. The molecule has 0 rings (SSSR count). The summed E-state index contributed by atoms with van der Waals surface area (Å²) in [6.07, 6.45) is 4.56. The molecule has 0 radical (unpaired) electrons. The molecule has 0 bridgehead atoms. The van der Waals surface area contributed by atoms with Crippen molar-refractivity contribution in [3.63, 3.8) is 0 Å². The van der Waals surface area contributed by atoms with E-state index < -0.39 is 23.7 Å². The molecular formula is C9H20O2Sn. The molecule has 0 spiro atoms. The fourth-order valence-electron chi connectivity index (χ4n) is 1.29. The van der Waals surface area contributed by atoms with Crippen LogP contribution in [0.1, 0.15) is 39.5 Å². The summed E-state index contributed by atoms with van der Waals surface area (Å²) in [4.78, 5) is 10.8. The molecule has 0 aromatic rings. The van der Waals surface area contributed by atoms with E-state index in [0.29, 0.717) is 0 Å². The first kappa shape index (κ1) is 12.3. The molecule has 0 aliphatic heterocycles. The second-order valence-corrected chi connectivity index (χ2v) is 12.0. The maximum atomic E-state index is 10.8. The monoisotopic (exact) mass is 280 g/mol. The molecule has 0 aromatic heterocycles. The molecule has 0 amide bonds. The van der Waals surface area contributed by atoms with Gasteiger partial charge in [0.05, 0.1) is 0 Å². The molecule has 2 nitrogen and oxygen atoms in total. The van der Waals surface area contributed by atoms with E-state index in [-0.39, 0.29) is 0 Å². The van der Waals surface area contributed by atoms with Crippen LogP contribution in [0, 0.1) is 0 Å². The minimum atomic E-state index is -2.11. The van der Waals surface area contributed by atoms with E-state index in [1.54, 1.807) is 0 Å². The van der Waals surface area contributed by atoms with Gasteiger partial charge in [-0.1, -0.05) is 0 Å².